The Balaban J connectivity index is 1.06. The molecule has 0 radical (unpaired) electrons. The van der Waals surface area contributed by atoms with Gasteiger partial charge in [0.25, 0.3) is 0 Å². The van der Waals surface area contributed by atoms with E-state index >= 15 is 0 Å². The first-order valence-electron chi connectivity index (χ1n) is 13.2. The lowest BCUT2D eigenvalue weighted by Crippen LogP contribution is -2.48. The summed E-state index contributed by atoms with van der Waals surface area (Å²) in [6, 6.07) is 14.5. The van der Waals surface area contributed by atoms with Crippen molar-refractivity contribution < 1.29 is 13.9 Å². The van der Waals surface area contributed by atoms with Crippen molar-refractivity contribution in [2.75, 3.05) is 75.1 Å². The molecule has 1 saturated heterocycles. The van der Waals surface area contributed by atoms with E-state index < -0.39 is 0 Å². The molecule has 200 valence electrons. The Hall–Kier alpha value is -3.83. The summed E-state index contributed by atoms with van der Waals surface area (Å²) < 4.78 is 17.8. The van der Waals surface area contributed by atoms with Gasteiger partial charge in [0.2, 0.25) is 11.8 Å². The second-order valence-corrected chi connectivity index (χ2v) is 9.74. The van der Waals surface area contributed by atoms with E-state index in [1.165, 1.54) is 18.5 Å². The van der Waals surface area contributed by atoms with Gasteiger partial charge in [-0.3, -0.25) is 4.90 Å². The number of hydrogen-bond donors (Lipinski definition) is 1. The maximum Gasteiger partial charge on any atom is 0.225 e. The van der Waals surface area contributed by atoms with Crippen LogP contribution in [0.3, 0.4) is 0 Å². The number of piperazine rings is 1. The molecular weight excluding hydrogens is 484 g/mol. The second kappa shape index (κ2) is 10.9. The lowest BCUT2D eigenvalue weighted by Gasteiger charge is -2.37. The Kier molecular flexibility index (Phi) is 7.02. The molecule has 0 spiro atoms. The molecule has 3 aromatic heterocycles. The number of furan rings is 1. The van der Waals surface area contributed by atoms with Gasteiger partial charge in [-0.15, -0.1) is 5.10 Å². The first-order valence-corrected chi connectivity index (χ1v) is 13.2. The van der Waals surface area contributed by atoms with Gasteiger partial charge >= 0.3 is 0 Å². The Labute approximate surface area is 221 Å². The molecule has 11 nitrogen and oxygen atoms in total. The molecule has 0 bridgehead atoms. The van der Waals surface area contributed by atoms with Gasteiger partial charge in [0.1, 0.15) is 18.2 Å². The van der Waals surface area contributed by atoms with Crippen molar-refractivity contribution in [3.05, 3.63) is 48.7 Å². The Morgan fingerprint density at radius 3 is 2.58 bits per heavy atom. The van der Waals surface area contributed by atoms with Crippen molar-refractivity contribution in [2.45, 2.75) is 18.9 Å². The van der Waals surface area contributed by atoms with Gasteiger partial charge in [-0.25, -0.2) is 4.98 Å². The Bertz CT molecular complexity index is 1330. The molecule has 1 aliphatic heterocycles. The number of anilines is 3. The van der Waals surface area contributed by atoms with E-state index in [1.807, 2.05) is 30.3 Å². The number of methoxy groups -OCH3 is 1. The van der Waals surface area contributed by atoms with Crippen molar-refractivity contribution in [1.82, 2.24) is 24.5 Å². The zero-order valence-corrected chi connectivity index (χ0v) is 21.7. The number of rotatable bonds is 11. The number of nitrogens with two attached hydrogens (primary N) is 1. The highest BCUT2D eigenvalue weighted by Gasteiger charge is 2.31. The van der Waals surface area contributed by atoms with Crippen LogP contribution < -0.4 is 20.3 Å². The Morgan fingerprint density at radius 2 is 1.87 bits per heavy atom. The summed E-state index contributed by atoms with van der Waals surface area (Å²) in [6.45, 7) is 7.08. The van der Waals surface area contributed by atoms with Gasteiger partial charge in [0, 0.05) is 64.2 Å². The summed E-state index contributed by atoms with van der Waals surface area (Å²) in [5.74, 6) is 3.18. The van der Waals surface area contributed by atoms with Crippen molar-refractivity contribution in [1.29, 1.82) is 0 Å². The standard InChI is InChI=1S/C27H34N8O3/c1-36-17-18-37-22-8-6-20(7-9-22)33-13-10-32(11-14-33)12-15-34(21-4-5-21)24-19-25-29-26(23-3-2-16-38-23)31-35(25)27(28)30-24/h2-3,6-9,16,19,21H,4-5,10-15,17-18H2,1H3,(H2,28,30). The van der Waals surface area contributed by atoms with E-state index in [1.54, 1.807) is 17.9 Å². The first-order chi connectivity index (χ1) is 18.7. The van der Waals surface area contributed by atoms with Crippen LogP contribution in [0.15, 0.2) is 53.1 Å². The number of benzene rings is 1. The highest BCUT2D eigenvalue weighted by Crippen LogP contribution is 2.32. The summed E-state index contributed by atoms with van der Waals surface area (Å²) >= 11 is 0. The minimum absolute atomic E-state index is 0.331. The normalized spacial score (nSPS) is 16.3. The quantitative estimate of drug-likeness (QED) is 0.298. The van der Waals surface area contributed by atoms with E-state index in [0.717, 1.165) is 50.8 Å². The van der Waals surface area contributed by atoms with Crippen LogP contribution in [0, 0.1) is 0 Å². The monoisotopic (exact) mass is 518 g/mol. The molecule has 38 heavy (non-hydrogen) atoms. The van der Waals surface area contributed by atoms with E-state index in [4.69, 9.17) is 24.6 Å². The van der Waals surface area contributed by atoms with E-state index in [-0.39, 0.29) is 0 Å². The molecule has 1 aromatic carbocycles. The zero-order chi connectivity index (χ0) is 25.9. The zero-order valence-electron chi connectivity index (χ0n) is 21.7. The number of ether oxygens (including phenoxy) is 2. The Morgan fingerprint density at radius 1 is 1.05 bits per heavy atom. The fourth-order valence-electron chi connectivity index (χ4n) is 4.90. The maximum absolute atomic E-state index is 6.29. The number of hydrogen-bond acceptors (Lipinski definition) is 10. The van der Waals surface area contributed by atoms with E-state index in [2.05, 4.69) is 36.9 Å². The third-order valence-corrected chi connectivity index (χ3v) is 7.15. The molecule has 0 atom stereocenters. The topological polar surface area (TPSA) is 110 Å². The molecule has 6 rings (SSSR count). The minimum Gasteiger partial charge on any atom is -0.491 e. The van der Waals surface area contributed by atoms with Gasteiger partial charge in [-0.05, 0) is 49.2 Å². The predicted molar refractivity (Wildman–Crippen MR) is 146 cm³/mol. The smallest absolute Gasteiger partial charge is 0.225 e. The van der Waals surface area contributed by atoms with Gasteiger partial charge < -0.3 is 29.4 Å². The van der Waals surface area contributed by atoms with Gasteiger partial charge in [0.05, 0.1) is 12.9 Å². The van der Waals surface area contributed by atoms with Crippen molar-refractivity contribution >= 4 is 23.1 Å². The average Bonchev–Trinajstić information content (AvgIpc) is 3.43. The second-order valence-electron chi connectivity index (χ2n) is 9.74. The predicted octanol–water partition coefficient (Wildman–Crippen LogP) is 2.78. The van der Waals surface area contributed by atoms with E-state index in [0.29, 0.717) is 42.4 Å². The summed E-state index contributed by atoms with van der Waals surface area (Å²) in [7, 11) is 1.68. The van der Waals surface area contributed by atoms with Gasteiger partial charge in [0.15, 0.2) is 11.4 Å². The van der Waals surface area contributed by atoms with Crippen molar-refractivity contribution in [3.63, 3.8) is 0 Å². The van der Waals surface area contributed by atoms with Crippen LogP contribution in [0.1, 0.15) is 12.8 Å². The molecule has 2 N–H and O–H groups in total. The van der Waals surface area contributed by atoms with Crippen LogP contribution in [0.25, 0.3) is 17.2 Å². The van der Waals surface area contributed by atoms with Crippen LogP contribution in [-0.4, -0.2) is 90.1 Å². The van der Waals surface area contributed by atoms with Crippen LogP contribution in [0.2, 0.25) is 0 Å². The molecule has 0 unspecified atom stereocenters. The molecule has 1 saturated carbocycles. The molecule has 11 heteroatoms. The number of nitrogen functional groups attached to an aromatic ring is 1. The average molecular weight is 519 g/mol. The highest BCUT2D eigenvalue weighted by molar-refractivity contribution is 5.60. The molecule has 2 aliphatic rings. The fraction of sp³-hybridized carbons (Fsp3) is 0.444. The van der Waals surface area contributed by atoms with Crippen LogP contribution >= 0.6 is 0 Å². The number of aromatic nitrogens is 4. The number of fused-ring (bicyclic) bond motifs is 1. The molecule has 4 heterocycles. The lowest BCUT2D eigenvalue weighted by molar-refractivity contribution is 0.146. The molecule has 1 aliphatic carbocycles. The van der Waals surface area contributed by atoms with Gasteiger partial charge in [-0.1, -0.05) is 0 Å². The van der Waals surface area contributed by atoms with Gasteiger partial charge in [-0.2, -0.15) is 9.50 Å². The van der Waals surface area contributed by atoms with E-state index in [9.17, 15) is 0 Å². The van der Waals surface area contributed by atoms with Crippen molar-refractivity contribution in [2.24, 2.45) is 0 Å². The van der Waals surface area contributed by atoms with Crippen LogP contribution in [0.5, 0.6) is 5.75 Å². The molecule has 2 fully saturated rings. The highest BCUT2D eigenvalue weighted by atomic mass is 16.5. The third kappa shape index (κ3) is 5.39. The summed E-state index contributed by atoms with van der Waals surface area (Å²) in [6.07, 6.45) is 3.96. The molecular formula is C27H34N8O3. The maximum atomic E-state index is 6.29. The third-order valence-electron chi connectivity index (χ3n) is 7.15. The summed E-state index contributed by atoms with van der Waals surface area (Å²) in [4.78, 5) is 16.7. The molecule has 4 aromatic rings. The minimum atomic E-state index is 0.331. The fourth-order valence-corrected chi connectivity index (χ4v) is 4.90. The van der Waals surface area contributed by atoms with Crippen molar-refractivity contribution in [3.8, 4) is 17.3 Å². The SMILES string of the molecule is COCCOc1ccc(N2CCN(CCN(c3cc4nc(-c5ccco5)nn4c(N)n3)C3CC3)CC2)cc1. The summed E-state index contributed by atoms with van der Waals surface area (Å²) in [5.41, 5.74) is 8.20. The largest absolute Gasteiger partial charge is 0.491 e. The van der Waals surface area contributed by atoms with Crippen LogP contribution in [0.4, 0.5) is 17.5 Å². The lowest BCUT2D eigenvalue weighted by atomic mass is 10.2. The van der Waals surface area contributed by atoms with Crippen LogP contribution in [-0.2, 0) is 4.74 Å². The first kappa shape index (κ1) is 24.5. The number of nitrogens with zero attached hydrogens (tertiary/aromatic N) is 7. The molecule has 0 amide bonds. The summed E-state index contributed by atoms with van der Waals surface area (Å²) in [5, 5.41) is 4.47.